The van der Waals surface area contributed by atoms with E-state index >= 15 is 0 Å². The minimum atomic E-state index is -0.638. The zero-order valence-electron chi connectivity index (χ0n) is 15.5. The molecule has 0 saturated heterocycles. The average molecular weight is 316 g/mol. The van der Waals surface area contributed by atoms with Crippen LogP contribution in [0.15, 0.2) is 0 Å². The molecule has 0 saturated carbocycles. The standard InChI is InChI=1S/C19H41NO2/c1-4-6-7-8-9-10-11-12-13-14-16-20(15-5-2)17-18-22-19(3)21/h19,21H,4-18H2,1-3H3. The number of ether oxygens (including phenoxy) is 1. The average Bonchev–Trinajstić information content (AvgIpc) is 2.48. The van der Waals surface area contributed by atoms with Crippen LogP contribution in [-0.2, 0) is 4.74 Å². The molecule has 22 heavy (non-hydrogen) atoms. The summed E-state index contributed by atoms with van der Waals surface area (Å²) in [4.78, 5) is 2.47. The van der Waals surface area contributed by atoms with Gasteiger partial charge in [-0.25, -0.2) is 0 Å². The monoisotopic (exact) mass is 315 g/mol. The van der Waals surface area contributed by atoms with E-state index in [1.54, 1.807) is 6.92 Å². The van der Waals surface area contributed by atoms with Crippen LogP contribution in [0, 0.1) is 0 Å². The Kier molecular flexibility index (Phi) is 17.1. The van der Waals surface area contributed by atoms with Crippen LogP contribution >= 0.6 is 0 Å². The number of unbranched alkanes of at least 4 members (excludes halogenated alkanes) is 9. The molecule has 3 nitrogen and oxygen atoms in total. The molecule has 0 amide bonds. The highest BCUT2D eigenvalue weighted by molar-refractivity contribution is 4.57. The smallest absolute Gasteiger partial charge is 0.151 e. The molecule has 0 rings (SSSR count). The van der Waals surface area contributed by atoms with Crippen LogP contribution in [0.2, 0.25) is 0 Å². The fourth-order valence-electron chi connectivity index (χ4n) is 2.83. The van der Waals surface area contributed by atoms with Crippen molar-refractivity contribution in [2.24, 2.45) is 0 Å². The van der Waals surface area contributed by atoms with Crippen LogP contribution in [0.4, 0.5) is 0 Å². The number of aliphatic hydroxyl groups excluding tert-OH is 1. The summed E-state index contributed by atoms with van der Waals surface area (Å²) in [6.45, 7) is 10.1. The van der Waals surface area contributed by atoms with E-state index < -0.39 is 6.29 Å². The van der Waals surface area contributed by atoms with Crippen molar-refractivity contribution < 1.29 is 9.84 Å². The molecule has 0 radical (unpaired) electrons. The van der Waals surface area contributed by atoms with Crippen LogP contribution < -0.4 is 0 Å². The lowest BCUT2D eigenvalue weighted by molar-refractivity contribution is -0.0893. The van der Waals surface area contributed by atoms with Gasteiger partial charge >= 0.3 is 0 Å². The Hall–Kier alpha value is -0.120. The minimum Gasteiger partial charge on any atom is -0.368 e. The van der Waals surface area contributed by atoms with Gasteiger partial charge in [-0.15, -0.1) is 0 Å². The van der Waals surface area contributed by atoms with Gasteiger partial charge in [0.15, 0.2) is 6.29 Å². The van der Waals surface area contributed by atoms with Crippen LogP contribution in [-0.4, -0.2) is 42.5 Å². The van der Waals surface area contributed by atoms with Crippen molar-refractivity contribution in [3.05, 3.63) is 0 Å². The lowest BCUT2D eigenvalue weighted by Gasteiger charge is -2.22. The van der Waals surface area contributed by atoms with E-state index in [-0.39, 0.29) is 0 Å². The molecule has 0 fully saturated rings. The molecule has 0 aliphatic heterocycles. The van der Waals surface area contributed by atoms with Crippen LogP contribution in [0.25, 0.3) is 0 Å². The molecule has 1 atom stereocenters. The van der Waals surface area contributed by atoms with E-state index in [2.05, 4.69) is 18.7 Å². The fraction of sp³-hybridized carbons (Fsp3) is 1.00. The van der Waals surface area contributed by atoms with Gasteiger partial charge in [0.25, 0.3) is 0 Å². The molecule has 0 heterocycles. The molecule has 1 N–H and O–H groups in total. The van der Waals surface area contributed by atoms with E-state index in [9.17, 15) is 0 Å². The van der Waals surface area contributed by atoms with E-state index in [0.29, 0.717) is 6.61 Å². The topological polar surface area (TPSA) is 32.7 Å². The van der Waals surface area contributed by atoms with Crippen molar-refractivity contribution >= 4 is 0 Å². The molecule has 0 aromatic heterocycles. The third-order valence-corrected chi connectivity index (χ3v) is 4.13. The molecule has 0 aromatic carbocycles. The number of rotatable bonds is 17. The van der Waals surface area contributed by atoms with Crippen LogP contribution in [0.3, 0.4) is 0 Å². The first-order valence-electron chi connectivity index (χ1n) is 9.72. The Labute approximate surface area is 139 Å². The van der Waals surface area contributed by atoms with Crippen LogP contribution in [0.1, 0.15) is 91.4 Å². The second-order valence-electron chi connectivity index (χ2n) is 6.49. The lowest BCUT2D eigenvalue weighted by atomic mass is 10.1. The zero-order valence-corrected chi connectivity index (χ0v) is 15.5. The van der Waals surface area contributed by atoms with Gasteiger partial charge in [0.05, 0.1) is 6.61 Å². The second kappa shape index (κ2) is 17.2. The quantitative estimate of drug-likeness (QED) is 0.304. The Morgan fingerprint density at radius 3 is 1.77 bits per heavy atom. The number of hydrogen-bond donors (Lipinski definition) is 1. The Morgan fingerprint density at radius 2 is 1.27 bits per heavy atom. The Morgan fingerprint density at radius 1 is 0.727 bits per heavy atom. The van der Waals surface area contributed by atoms with Crippen molar-refractivity contribution in [1.29, 1.82) is 0 Å². The van der Waals surface area contributed by atoms with Gasteiger partial charge in [0.2, 0.25) is 0 Å². The SMILES string of the molecule is CCCCCCCCCCCCN(CCC)CCOC(C)O. The molecular weight excluding hydrogens is 274 g/mol. The summed E-state index contributed by atoms with van der Waals surface area (Å²) in [6.07, 6.45) is 14.5. The molecular formula is C19H41NO2. The van der Waals surface area contributed by atoms with Crippen molar-refractivity contribution in [3.63, 3.8) is 0 Å². The van der Waals surface area contributed by atoms with Crippen molar-refractivity contribution in [2.75, 3.05) is 26.2 Å². The Bertz CT molecular complexity index is 210. The molecule has 0 aliphatic carbocycles. The number of aliphatic hydroxyl groups is 1. The summed E-state index contributed by atoms with van der Waals surface area (Å²) in [5, 5.41) is 9.12. The van der Waals surface area contributed by atoms with E-state index in [4.69, 9.17) is 9.84 Å². The zero-order chi connectivity index (χ0) is 16.5. The van der Waals surface area contributed by atoms with E-state index in [1.807, 2.05) is 0 Å². The van der Waals surface area contributed by atoms with E-state index in [1.165, 1.54) is 77.2 Å². The molecule has 0 bridgehead atoms. The van der Waals surface area contributed by atoms with E-state index in [0.717, 1.165) is 13.1 Å². The molecule has 0 aromatic rings. The Balaban J connectivity index is 3.40. The van der Waals surface area contributed by atoms with Gasteiger partial charge < -0.3 is 14.7 Å². The normalized spacial score (nSPS) is 13.0. The molecule has 1 unspecified atom stereocenters. The molecule has 134 valence electrons. The maximum absolute atomic E-state index is 9.12. The molecule has 3 heteroatoms. The summed E-state index contributed by atoms with van der Waals surface area (Å²) in [5.74, 6) is 0. The van der Waals surface area contributed by atoms with Gasteiger partial charge in [0.1, 0.15) is 0 Å². The summed E-state index contributed by atoms with van der Waals surface area (Å²) < 4.78 is 5.23. The van der Waals surface area contributed by atoms with Crippen molar-refractivity contribution in [2.45, 2.75) is 97.7 Å². The third-order valence-electron chi connectivity index (χ3n) is 4.13. The number of nitrogens with zero attached hydrogens (tertiary/aromatic N) is 1. The number of hydrogen-bond acceptors (Lipinski definition) is 3. The van der Waals surface area contributed by atoms with Gasteiger partial charge in [0, 0.05) is 6.54 Å². The maximum atomic E-state index is 9.12. The summed E-state index contributed by atoms with van der Waals surface area (Å²) in [6, 6.07) is 0. The predicted octanol–water partition coefficient (Wildman–Crippen LogP) is 4.97. The lowest BCUT2D eigenvalue weighted by Crippen LogP contribution is -2.30. The van der Waals surface area contributed by atoms with Crippen molar-refractivity contribution in [1.82, 2.24) is 4.90 Å². The second-order valence-corrected chi connectivity index (χ2v) is 6.49. The van der Waals surface area contributed by atoms with Gasteiger partial charge in [-0.3, -0.25) is 0 Å². The largest absolute Gasteiger partial charge is 0.368 e. The van der Waals surface area contributed by atoms with Gasteiger partial charge in [-0.1, -0.05) is 71.6 Å². The first kappa shape index (κ1) is 21.9. The highest BCUT2D eigenvalue weighted by atomic mass is 16.6. The first-order chi connectivity index (χ1) is 10.7. The van der Waals surface area contributed by atoms with Gasteiger partial charge in [-0.05, 0) is 32.9 Å². The third kappa shape index (κ3) is 16.3. The predicted molar refractivity (Wildman–Crippen MR) is 96.2 cm³/mol. The molecule has 0 aliphatic rings. The maximum Gasteiger partial charge on any atom is 0.151 e. The first-order valence-corrected chi connectivity index (χ1v) is 9.72. The molecule has 0 spiro atoms. The van der Waals surface area contributed by atoms with Crippen molar-refractivity contribution in [3.8, 4) is 0 Å². The summed E-state index contributed by atoms with van der Waals surface area (Å²) >= 11 is 0. The van der Waals surface area contributed by atoms with Crippen LogP contribution in [0.5, 0.6) is 0 Å². The highest BCUT2D eigenvalue weighted by Crippen LogP contribution is 2.10. The summed E-state index contributed by atoms with van der Waals surface area (Å²) in [7, 11) is 0. The fourth-order valence-corrected chi connectivity index (χ4v) is 2.83. The van der Waals surface area contributed by atoms with Gasteiger partial charge in [-0.2, -0.15) is 0 Å². The highest BCUT2D eigenvalue weighted by Gasteiger charge is 2.04. The summed E-state index contributed by atoms with van der Waals surface area (Å²) in [5.41, 5.74) is 0. The minimum absolute atomic E-state index is 0.634.